The number of halogens is 1. The average Bonchev–Trinajstić information content (AvgIpc) is 2.01. The molecule has 0 bridgehead atoms. The van der Waals surface area contributed by atoms with E-state index in [0.717, 1.165) is 5.02 Å². The normalized spacial score (nSPS) is 14.2. The zero-order chi connectivity index (χ0) is 10.1. The van der Waals surface area contributed by atoms with Crippen molar-refractivity contribution < 1.29 is 0 Å². The molecule has 1 atom stereocenters. The molecule has 1 unspecified atom stereocenters. The van der Waals surface area contributed by atoms with Crippen LogP contribution in [0.15, 0.2) is 24.3 Å². The maximum atomic E-state index is 6.02. The highest BCUT2D eigenvalue weighted by molar-refractivity contribution is 6.30. The molecule has 0 aliphatic rings. The van der Waals surface area contributed by atoms with Gasteiger partial charge in [-0.05, 0) is 37.5 Å². The van der Waals surface area contributed by atoms with Gasteiger partial charge >= 0.3 is 0 Å². The van der Waals surface area contributed by atoms with E-state index in [4.69, 9.17) is 17.3 Å². The summed E-state index contributed by atoms with van der Waals surface area (Å²) in [4.78, 5) is 0. The van der Waals surface area contributed by atoms with Gasteiger partial charge in [-0.1, -0.05) is 30.7 Å². The third-order valence-electron chi connectivity index (χ3n) is 2.46. The zero-order valence-corrected chi connectivity index (χ0v) is 9.10. The molecule has 0 saturated heterocycles. The largest absolute Gasteiger partial charge is 0.325 e. The third-order valence-corrected chi connectivity index (χ3v) is 2.70. The van der Waals surface area contributed by atoms with E-state index in [1.54, 1.807) is 0 Å². The van der Waals surface area contributed by atoms with Crippen molar-refractivity contribution >= 4 is 11.6 Å². The Morgan fingerprint density at radius 1 is 1.38 bits per heavy atom. The third kappa shape index (κ3) is 2.71. The lowest BCUT2D eigenvalue weighted by Crippen LogP contribution is -2.37. The van der Waals surface area contributed by atoms with Crippen molar-refractivity contribution in [2.24, 2.45) is 5.73 Å². The fourth-order valence-corrected chi connectivity index (χ4v) is 1.40. The Balaban J connectivity index is 2.96. The van der Waals surface area contributed by atoms with Gasteiger partial charge in [-0.25, -0.2) is 0 Å². The molecule has 1 aromatic carbocycles. The molecule has 72 valence electrons. The second kappa shape index (κ2) is 3.69. The summed E-state index contributed by atoms with van der Waals surface area (Å²) in [5.41, 5.74) is 7.01. The molecule has 1 aromatic rings. The first-order valence-electron chi connectivity index (χ1n) is 4.45. The van der Waals surface area contributed by atoms with Gasteiger partial charge in [0, 0.05) is 10.6 Å². The molecule has 0 aliphatic heterocycles. The predicted molar refractivity (Wildman–Crippen MR) is 58.1 cm³/mol. The first-order valence-corrected chi connectivity index (χ1v) is 4.83. The van der Waals surface area contributed by atoms with E-state index in [2.05, 4.69) is 13.0 Å². The van der Waals surface area contributed by atoms with Crippen LogP contribution in [0.4, 0.5) is 0 Å². The monoisotopic (exact) mass is 197 g/mol. The Kier molecular flexibility index (Phi) is 2.99. The molecule has 2 heteroatoms. The van der Waals surface area contributed by atoms with Crippen LogP contribution in [-0.2, 0) is 0 Å². The Morgan fingerprint density at radius 3 is 2.46 bits per heavy atom. The van der Waals surface area contributed by atoms with Crippen molar-refractivity contribution in [1.29, 1.82) is 0 Å². The van der Waals surface area contributed by atoms with Crippen molar-refractivity contribution in [3.8, 4) is 0 Å². The molecule has 0 spiro atoms. The molecular weight excluding hydrogens is 182 g/mol. The average molecular weight is 198 g/mol. The van der Waals surface area contributed by atoms with Crippen LogP contribution in [0.3, 0.4) is 0 Å². The Labute approximate surface area is 84.9 Å². The van der Waals surface area contributed by atoms with Crippen LogP contribution in [0.1, 0.15) is 32.3 Å². The summed E-state index contributed by atoms with van der Waals surface area (Å²) in [7, 11) is 0. The number of hydrogen-bond acceptors (Lipinski definition) is 1. The van der Waals surface area contributed by atoms with Crippen LogP contribution in [0, 0.1) is 0 Å². The Hall–Kier alpha value is -0.530. The first kappa shape index (κ1) is 10.6. The minimum absolute atomic E-state index is 0.204. The van der Waals surface area contributed by atoms with E-state index in [1.807, 2.05) is 32.0 Å². The molecule has 1 nitrogen and oxygen atoms in total. The van der Waals surface area contributed by atoms with Crippen molar-refractivity contribution in [3.05, 3.63) is 34.9 Å². The van der Waals surface area contributed by atoms with Crippen LogP contribution < -0.4 is 5.73 Å². The maximum Gasteiger partial charge on any atom is 0.0408 e. The van der Waals surface area contributed by atoms with E-state index in [9.17, 15) is 0 Å². The van der Waals surface area contributed by atoms with Gasteiger partial charge in [-0.15, -0.1) is 0 Å². The molecular formula is C11H16ClN. The van der Waals surface area contributed by atoms with E-state index < -0.39 is 0 Å². The summed E-state index contributed by atoms with van der Waals surface area (Å²) in [5.74, 6) is 0.311. The molecule has 0 saturated carbocycles. The molecule has 0 amide bonds. The van der Waals surface area contributed by atoms with Gasteiger partial charge in [-0.3, -0.25) is 0 Å². The van der Waals surface area contributed by atoms with Gasteiger partial charge in [0.25, 0.3) is 0 Å². The summed E-state index contributed by atoms with van der Waals surface area (Å²) in [6, 6.07) is 7.87. The summed E-state index contributed by atoms with van der Waals surface area (Å²) in [5, 5.41) is 0.772. The maximum absolute atomic E-state index is 6.02. The minimum atomic E-state index is -0.204. The van der Waals surface area contributed by atoms with Crippen LogP contribution in [0.5, 0.6) is 0 Å². The van der Waals surface area contributed by atoms with E-state index in [0.29, 0.717) is 5.92 Å². The second-order valence-electron chi connectivity index (χ2n) is 4.10. The predicted octanol–water partition coefficient (Wildman–Crippen LogP) is 3.18. The highest BCUT2D eigenvalue weighted by Gasteiger charge is 2.21. The van der Waals surface area contributed by atoms with Gasteiger partial charge in [-0.2, -0.15) is 0 Å². The van der Waals surface area contributed by atoms with Crippen molar-refractivity contribution in [1.82, 2.24) is 0 Å². The zero-order valence-electron chi connectivity index (χ0n) is 8.34. The molecule has 13 heavy (non-hydrogen) atoms. The standard InChI is InChI=1S/C11H16ClN/c1-8(11(2,3)13)9-5-4-6-10(12)7-9/h4-8H,13H2,1-3H3. The smallest absolute Gasteiger partial charge is 0.0408 e. The number of hydrogen-bond donors (Lipinski definition) is 1. The van der Waals surface area contributed by atoms with Crippen LogP contribution >= 0.6 is 11.6 Å². The van der Waals surface area contributed by atoms with Crippen LogP contribution in [-0.4, -0.2) is 5.54 Å². The molecule has 0 heterocycles. The van der Waals surface area contributed by atoms with Crippen molar-refractivity contribution in [3.63, 3.8) is 0 Å². The van der Waals surface area contributed by atoms with Crippen molar-refractivity contribution in [2.45, 2.75) is 32.2 Å². The van der Waals surface area contributed by atoms with Gasteiger partial charge in [0.2, 0.25) is 0 Å². The van der Waals surface area contributed by atoms with Crippen molar-refractivity contribution in [2.75, 3.05) is 0 Å². The lowest BCUT2D eigenvalue weighted by atomic mass is 9.84. The fraction of sp³-hybridized carbons (Fsp3) is 0.455. The summed E-state index contributed by atoms with van der Waals surface area (Å²) >= 11 is 5.90. The van der Waals surface area contributed by atoms with Crippen LogP contribution in [0.25, 0.3) is 0 Å². The Bertz CT molecular complexity index is 288. The quantitative estimate of drug-likeness (QED) is 0.775. The molecule has 2 N–H and O–H groups in total. The van der Waals surface area contributed by atoms with Crippen LogP contribution in [0.2, 0.25) is 5.02 Å². The highest BCUT2D eigenvalue weighted by Crippen LogP contribution is 2.26. The first-order chi connectivity index (χ1) is 5.91. The van der Waals surface area contributed by atoms with Gasteiger partial charge in [0.1, 0.15) is 0 Å². The number of nitrogens with two attached hydrogens (primary N) is 1. The van der Waals surface area contributed by atoms with Gasteiger partial charge in [0.15, 0.2) is 0 Å². The Morgan fingerprint density at radius 2 is 2.00 bits per heavy atom. The van der Waals surface area contributed by atoms with Gasteiger partial charge in [0.05, 0.1) is 0 Å². The lowest BCUT2D eigenvalue weighted by Gasteiger charge is -2.27. The fourth-order valence-electron chi connectivity index (χ4n) is 1.21. The topological polar surface area (TPSA) is 26.0 Å². The summed E-state index contributed by atoms with van der Waals surface area (Å²) in [6.45, 7) is 6.17. The molecule has 1 rings (SSSR count). The second-order valence-corrected chi connectivity index (χ2v) is 4.53. The van der Waals surface area contributed by atoms with E-state index in [-0.39, 0.29) is 5.54 Å². The highest BCUT2D eigenvalue weighted by atomic mass is 35.5. The minimum Gasteiger partial charge on any atom is -0.325 e. The number of benzene rings is 1. The molecule has 0 radical (unpaired) electrons. The SMILES string of the molecule is CC(c1cccc(Cl)c1)C(C)(C)N. The molecule has 0 fully saturated rings. The number of rotatable bonds is 2. The van der Waals surface area contributed by atoms with E-state index >= 15 is 0 Å². The van der Waals surface area contributed by atoms with E-state index in [1.165, 1.54) is 5.56 Å². The van der Waals surface area contributed by atoms with Gasteiger partial charge < -0.3 is 5.73 Å². The molecule has 0 aromatic heterocycles. The summed E-state index contributed by atoms with van der Waals surface area (Å²) in [6.07, 6.45) is 0. The summed E-state index contributed by atoms with van der Waals surface area (Å²) < 4.78 is 0. The lowest BCUT2D eigenvalue weighted by molar-refractivity contribution is 0.435. The molecule has 0 aliphatic carbocycles.